The van der Waals surface area contributed by atoms with E-state index in [-0.39, 0.29) is 5.69 Å². The molecule has 2 rings (SSSR count). The third kappa shape index (κ3) is 3.65. The van der Waals surface area contributed by atoms with Gasteiger partial charge in [0.15, 0.2) is 0 Å². The van der Waals surface area contributed by atoms with Gasteiger partial charge < -0.3 is 4.74 Å². The van der Waals surface area contributed by atoms with Crippen LogP contribution in [0, 0.1) is 10.1 Å². The second-order valence-corrected chi connectivity index (χ2v) is 4.21. The van der Waals surface area contributed by atoms with Crippen molar-refractivity contribution in [3.63, 3.8) is 0 Å². The van der Waals surface area contributed by atoms with E-state index in [9.17, 15) is 14.9 Å². The van der Waals surface area contributed by atoms with Gasteiger partial charge in [-0.15, -0.1) is 0 Å². The summed E-state index contributed by atoms with van der Waals surface area (Å²) < 4.78 is 5.54. The van der Waals surface area contributed by atoms with Crippen LogP contribution in [0.4, 0.5) is 5.69 Å². The van der Waals surface area contributed by atoms with E-state index in [4.69, 9.17) is 4.74 Å². The fourth-order valence-electron chi connectivity index (χ4n) is 1.75. The molecule has 2 aromatic rings. The Balaban J connectivity index is 1.89. The van der Waals surface area contributed by atoms with Crippen molar-refractivity contribution < 1.29 is 14.5 Å². The Labute approximate surface area is 116 Å². The van der Waals surface area contributed by atoms with E-state index >= 15 is 0 Å². The highest BCUT2D eigenvalue weighted by molar-refractivity contribution is 5.75. The molecule has 0 saturated heterocycles. The number of non-ortho nitro benzene ring substituents is 1. The fourth-order valence-corrected chi connectivity index (χ4v) is 1.75. The van der Waals surface area contributed by atoms with Gasteiger partial charge in [-0.05, 0) is 17.7 Å². The minimum atomic E-state index is -0.425. The van der Waals surface area contributed by atoms with E-state index in [0.717, 1.165) is 11.8 Å². The van der Waals surface area contributed by atoms with Crippen molar-refractivity contribution in [2.45, 2.75) is 6.42 Å². The van der Waals surface area contributed by atoms with Gasteiger partial charge >= 0.3 is 0 Å². The number of hydrogen-bond donors (Lipinski definition) is 0. The lowest BCUT2D eigenvalue weighted by Crippen LogP contribution is -2.01. The lowest BCUT2D eigenvalue weighted by atomic mass is 10.1. The molecule has 0 atom stereocenters. The maximum Gasteiger partial charge on any atom is 0.269 e. The summed E-state index contributed by atoms with van der Waals surface area (Å²) in [6, 6.07) is 13.3. The number of hydrogen-bond acceptors (Lipinski definition) is 4. The molecule has 20 heavy (non-hydrogen) atoms. The molecule has 0 amide bonds. The Morgan fingerprint density at radius 2 is 1.90 bits per heavy atom. The molecule has 0 radical (unpaired) electrons. The largest absolute Gasteiger partial charge is 0.493 e. The average molecular weight is 271 g/mol. The molecular weight excluding hydrogens is 258 g/mol. The number of aldehydes is 1. The van der Waals surface area contributed by atoms with E-state index in [1.54, 1.807) is 36.4 Å². The highest BCUT2D eigenvalue weighted by Gasteiger charge is 2.04. The minimum Gasteiger partial charge on any atom is -0.493 e. The molecule has 0 aliphatic carbocycles. The second kappa shape index (κ2) is 6.47. The quantitative estimate of drug-likeness (QED) is 0.460. The minimum absolute atomic E-state index is 0.0772. The first-order valence-electron chi connectivity index (χ1n) is 6.10. The molecule has 0 spiro atoms. The van der Waals surface area contributed by atoms with Crippen molar-refractivity contribution >= 4 is 12.0 Å². The van der Waals surface area contributed by atoms with Gasteiger partial charge in [0.25, 0.3) is 5.69 Å². The molecule has 0 N–H and O–H groups in total. The number of benzene rings is 2. The van der Waals surface area contributed by atoms with Gasteiger partial charge in [0.2, 0.25) is 0 Å². The van der Waals surface area contributed by atoms with E-state index in [2.05, 4.69) is 0 Å². The summed E-state index contributed by atoms with van der Waals surface area (Å²) in [5, 5.41) is 10.5. The predicted octanol–water partition coefficient (Wildman–Crippen LogP) is 3.03. The molecule has 0 heterocycles. The van der Waals surface area contributed by atoms with Crippen LogP contribution in [0.1, 0.15) is 15.9 Å². The highest BCUT2D eigenvalue weighted by atomic mass is 16.6. The molecule has 5 heteroatoms. The van der Waals surface area contributed by atoms with Crippen LogP contribution in [0.5, 0.6) is 5.75 Å². The maximum atomic E-state index is 10.6. The standard InChI is InChI=1S/C15H13NO4/c17-11-13-2-1-3-15(10-13)20-9-8-12-4-6-14(7-5-12)16(18)19/h1-7,10-11H,8-9H2. The van der Waals surface area contributed by atoms with Crippen LogP contribution in [0.3, 0.4) is 0 Å². The summed E-state index contributed by atoms with van der Waals surface area (Å²) in [6.45, 7) is 0.445. The van der Waals surface area contributed by atoms with Crippen LogP contribution in [0.25, 0.3) is 0 Å². The van der Waals surface area contributed by atoms with Gasteiger partial charge in [-0.3, -0.25) is 14.9 Å². The zero-order valence-corrected chi connectivity index (χ0v) is 10.7. The van der Waals surface area contributed by atoms with Gasteiger partial charge in [-0.2, -0.15) is 0 Å². The summed E-state index contributed by atoms with van der Waals surface area (Å²) >= 11 is 0. The molecule has 0 saturated carbocycles. The number of nitro groups is 1. The Morgan fingerprint density at radius 1 is 1.15 bits per heavy atom. The first-order valence-corrected chi connectivity index (χ1v) is 6.10. The normalized spacial score (nSPS) is 10.0. The van der Waals surface area contributed by atoms with Crippen molar-refractivity contribution in [2.24, 2.45) is 0 Å². The summed E-state index contributed by atoms with van der Waals surface area (Å²) in [4.78, 5) is 20.7. The van der Waals surface area contributed by atoms with Crippen LogP contribution in [0.15, 0.2) is 48.5 Å². The Morgan fingerprint density at radius 3 is 2.55 bits per heavy atom. The number of carbonyl (C=O) groups is 1. The third-order valence-electron chi connectivity index (χ3n) is 2.80. The van der Waals surface area contributed by atoms with Crippen LogP contribution in [0.2, 0.25) is 0 Å². The van der Waals surface area contributed by atoms with E-state index < -0.39 is 4.92 Å². The van der Waals surface area contributed by atoms with Crippen LogP contribution < -0.4 is 4.74 Å². The van der Waals surface area contributed by atoms with Crippen LogP contribution in [-0.4, -0.2) is 17.8 Å². The summed E-state index contributed by atoms with van der Waals surface area (Å²) in [7, 11) is 0. The third-order valence-corrected chi connectivity index (χ3v) is 2.80. The molecule has 0 fully saturated rings. The smallest absolute Gasteiger partial charge is 0.269 e. The summed E-state index contributed by atoms with van der Waals surface area (Å²) in [6.07, 6.45) is 1.41. The summed E-state index contributed by atoms with van der Waals surface area (Å²) in [5.41, 5.74) is 1.60. The van der Waals surface area contributed by atoms with Crippen LogP contribution in [-0.2, 0) is 6.42 Å². The van der Waals surface area contributed by atoms with E-state index in [1.807, 2.05) is 0 Å². The Kier molecular flexibility index (Phi) is 4.44. The number of nitro benzene ring substituents is 1. The molecule has 0 aliphatic rings. The molecular formula is C15H13NO4. The monoisotopic (exact) mass is 271 g/mol. The van der Waals surface area contributed by atoms with E-state index in [0.29, 0.717) is 24.3 Å². The van der Waals surface area contributed by atoms with Gasteiger partial charge in [-0.1, -0.05) is 24.3 Å². The van der Waals surface area contributed by atoms with Gasteiger partial charge in [0, 0.05) is 24.1 Å². The molecule has 0 unspecified atom stereocenters. The molecule has 2 aromatic carbocycles. The number of ether oxygens (including phenoxy) is 1. The molecule has 5 nitrogen and oxygen atoms in total. The first kappa shape index (κ1) is 13.7. The lowest BCUT2D eigenvalue weighted by Gasteiger charge is -2.06. The van der Waals surface area contributed by atoms with Crippen molar-refractivity contribution in [1.29, 1.82) is 0 Å². The van der Waals surface area contributed by atoms with Gasteiger partial charge in [-0.25, -0.2) is 0 Å². The first-order chi connectivity index (χ1) is 9.69. The number of rotatable bonds is 6. The van der Waals surface area contributed by atoms with Crippen molar-refractivity contribution in [3.05, 3.63) is 69.8 Å². The van der Waals surface area contributed by atoms with Gasteiger partial charge in [0.05, 0.1) is 11.5 Å². The van der Waals surface area contributed by atoms with Crippen molar-refractivity contribution in [2.75, 3.05) is 6.61 Å². The van der Waals surface area contributed by atoms with Crippen molar-refractivity contribution in [3.8, 4) is 5.75 Å². The zero-order chi connectivity index (χ0) is 14.4. The fraction of sp³-hybridized carbons (Fsp3) is 0.133. The average Bonchev–Trinajstić information content (AvgIpc) is 2.48. The van der Waals surface area contributed by atoms with Crippen LogP contribution >= 0.6 is 0 Å². The number of carbonyl (C=O) groups excluding carboxylic acids is 1. The van der Waals surface area contributed by atoms with Crippen molar-refractivity contribution in [1.82, 2.24) is 0 Å². The molecule has 0 aliphatic heterocycles. The Bertz CT molecular complexity index is 608. The Hall–Kier alpha value is -2.69. The predicted molar refractivity (Wildman–Crippen MR) is 74.1 cm³/mol. The SMILES string of the molecule is O=Cc1cccc(OCCc2ccc([N+](=O)[O-])cc2)c1. The van der Waals surface area contributed by atoms with E-state index in [1.165, 1.54) is 12.1 Å². The maximum absolute atomic E-state index is 10.6. The topological polar surface area (TPSA) is 69.4 Å². The lowest BCUT2D eigenvalue weighted by molar-refractivity contribution is -0.384. The number of nitrogens with zero attached hydrogens (tertiary/aromatic N) is 1. The molecule has 102 valence electrons. The second-order valence-electron chi connectivity index (χ2n) is 4.21. The summed E-state index contributed by atoms with van der Waals surface area (Å²) in [5.74, 6) is 0.636. The van der Waals surface area contributed by atoms with Gasteiger partial charge in [0.1, 0.15) is 12.0 Å². The molecule has 0 aromatic heterocycles. The molecule has 0 bridgehead atoms. The highest BCUT2D eigenvalue weighted by Crippen LogP contribution is 2.14. The zero-order valence-electron chi connectivity index (χ0n) is 10.7.